The maximum absolute atomic E-state index is 11.1. The van der Waals surface area contributed by atoms with Gasteiger partial charge in [-0.2, -0.15) is 0 Å². The van der Waals surface area contributed by atoms with E-state index in [1.807, 2.05) is 27.7 Å². The lowest BCUT2D eigenvalue weighted by Gasteiger charge is -2.25. The zero-order chi connectivity index (χ0) is 11.9. The topological polar surface area (TPSA) is 58.6 Å². The van der Waals surface area contributed by atoms with Gasteiger partial charge in [-0.3, -0.25) is 4.79 Å². The molecule has 90 valence electrons. The number of rotatable bonds is 7. The van der Waals surface area contributed by atoms with Crippen LogP contribution in [-0.4, -0.2) is 35.9 Å². The summed E-state index contributed by atoms with van der Waals surface area (Å²) in [7, 11) is 0. The Kier molecular flexibility index (Phi) is 6.52. The standard InChI is InChI=1S/C11H23NO3/c1-5-11(14,6-2)8-12-7-10(13)15-9(3)4/h9,12,14H,5-8H2,1-4H3. The van der Waals surface area contributed by atoms with Crippen LogP contribution in [0.15, 0.2) is 0 Å². The Morgan fingerprint density at radius 3 is 2.33 bits per heavy atom. The van der Waals surface area contributed by atoms with Crippen molar-refractivity contribution >= 4 is 5.97 Å². The highest BCUT2D eigenvalue weighted by Gasteiger charge is 2.21. The van der Waals surface area contributed by atoms with Crippen LogP contribution in [0.3, 0.4) is 0 Å². The third-order valence-corrected chi connectivity index (χ3v) is 2.41. The lowest BCUT2D eigenvalue weighted by molar-refractivity contribution is -0.146. The highest BCUT2D eigenvalue weighted by molar-refractivity contribution is 5.71. The van der Waals surface area contributed by atoms with Crippen molar-refractivity contribution in [3.8, 4) is 0 Å². The van der Waals surface area contributed by atoms with Crippen LogP contribution >= 0.6 is 0 Å². The van der Waals surface area contributed by atoms with Crippen LogP contribution in [0, 0.1) is 0 Å². The van der Waals surface area contributed by atoms with Crippen molar-refractivity contribution in [1.29, 1.82) is 0 Å². The van der Waals surface area contributed by atoms with Gasteiger partial charge in [-0.1, -0.05) is 13.8 Å². The molecule has 4 nitrogen and oxygen atoms in total. The van der Waals surface area contributed by atoms with Crippen molar-refractivity contribution in [3.05, 3.63) is 0 Å². The summed E-state index contributed by atoms with van der Waals surface area (Å²) in [5.41, 5.74) is -0.710. The molecule has 4 heteroatoms. The molecule has 0 aromatic heterocycles. The molecule has 0 heterocycles. The molecule has 0 bridgehead atoms. The Bertz CT molecular complexity index is 188. The van der Waals surface area contributed by atoms with Crippen molar-refractivity contribution < 1.29 is 14.6 Å². The SMILES string of the molecule is CCC(O)(CC)CNCC(=O)OC(C)C. The molecule has 0 aromatic rings. The number of carbonyl (C=O) groups excluding carboxylic acids is 1. The van der Waals surface area contributed by atoms with Gasteiger partial charge in [0.2, 0.25) is 0 Å². The minimum absolute atomic E-state index is 0.0875. The van der Waals surface area contributed by atoms with Crippen LogP contribution < -0.4 is 5.32 Å². The second-order valence-electron chi connectivity index (χ2n) is 4.07. The Balaban J connectivity index is 3.73. The lowest BCUT2D eigenvalue weighted by atomic mass is 9.98. The largest absolute Gasteiger partial charge is 0.462 e. The van der Waals surface area contributed by atoms with Gasteiger partial charge < -0.3 is 15.2 Å². The number of hydrogen-bond donors (Lipinski definition) is 2. The predicted molar refractivity (Wildman–Crippen MR) is 59.6 cm³/mol. The summed E-state index contributed by atoms with van der Waals surface area (Å²) in [5, 5.41) is 12.8. The average molecular weight is 217 g/mol. The molecule has 0 fully saturated rings. The van der Waals surface area contributed by atoms with Crippen LogP contribution in [0.5, 0.6) is 0 Å². The third-order valence-electron chi connectivity index (χ3n) is 2.41. The van der Waals surface area contributed by atoms with Gasteiger partial charge >= 0.3 is 5.97 Å². The number of aliphatic hydroxyl groups is 1. The molecule has 0 rings (SSSR count). The van der Waals surface area contributed by atoms with E-state index in [1.165, 1.54) is 0 Å². The first-order valence-electron chi connectivity index (χ1n) is 5.56. The molecule has 0 atom stereocenters. The Labute approximate surface area is 92.0 Å². The van der Waals surface area contributed by atoms with Crippen LogP contribution in [0.1, 0.15) is 40.5 Å². The number of carbonyl (C=O) groups is 1. The van der Waals surface area contributed by atoms with Gasteiger partial charge in [0, 0.05) is 6.54 Å². The second-order valence-corrected chi connectivity index (χ2v) is 4.07. The third kappa shape index (κ3) is 6.47. The maximum Gasteiger partial charge on any atom is 0.320 e. The number of ether oxygens (including phenoxy) is 1. The summed E-state index contributed by atoms with van der Waals surface area (Å²) in [6.45, 7) is 8.06. The molecular weight excluding hydrogens is 194 g/mol. The summed E-state index contributed by atoms with van der Waals surface area (Å²) in [5.74, 6) is -0.278. The summed E-state index contributed by atoms with van der Waals surface area (Å²) in [6.07, 6.45) is 1.27. The maximum atomic E-state index is 11.1. The predicted octanol–water partition coefficient (Wildman–Crippen LogP) is 1.08. The van der Waals surface area contributed by atoms with Gasteiger partial charge in [0.25, 0.3) is 0 Å². The van der Waals surface area contributed by atoms with Gasteiger partial charge in [-0.15, -0.1) is 0 Å². The smallest absolute Gasteiger partial charge is 0.320 e. The number of esters is 1. The van der Waals surface area contributed by atoms with Gasteiger partial charge in [0.1, 0.15) is 0 Å². The van der Waals surface area contributed by atoms with Gasteiger partial charge in [-0.25, -0.2) is 0 Å². The Hall–Kier alpha value is -0.610. The van der Waals surface area contributed by atoms with E-state index >= 15 is 0 Å². The monoisotopic (exact) mass is 217 g/mol. The first-order valence-corrected chi connectivity index (χ1v) is 5.56. The van der Waals surface area contributed by atoms with E-state index in [-0.39, 0.29) is 18.6 Å². The van der Waals surface area contributed by atoms with Crippen molar-refractivity contribution in [2.75, 3.05) is 13.1 Å². The fraction of sp³-hybridized carbons (Fsp3) is 0.909. The van der Waals surface area contributed by atoms with Crippen LogP contribution in [0.25, 0.3) is 0 Å². The molecule has 0 aliphatic rings. The Morgan fingerprint density at radius 1 is 1.40 bits per heavy atom. The van der Waals surface area contributed by atoms with E-state index in [4.69, 9.17) is 4.74 Å². The van der Waals surface area contributed by atoms with E-state index in [1.54, 1.807) is 0 Å². The van der Waals surface area contributed by atoms with Crippen molar-refractivity contribution in [1.82, 2.24) is 5.32 Å². The summed E-state index contributed by atoms with van der Waals surface area (Å²) in [4.78, 5) is 11.1. The van der Waals surface area contributed by atoms with E-state index in [0.29, 0.717) is 19.4 Å². The molecule has 0 amide bonds. The molecule has 0 spiro atoms. The molecule has 0 aromatic carbocycles. The zero-order valence-corrected chi connectivity index (χ0v) is 10.2. The highest BCUT2D eigenvalue weighted by atomic mass is 16.5. The van der Waals surface area contributed by atoms with E-state index in [9.17, 15) is 9.90 Å². The Morgan fingerprint density at radius 2 is 1.93 bits per heavy atom. The minimum atomic E-state index is -0.710. The van der Waals surface area contributed by atoms with Crippen LogP contribution in [0.2, 0.25) is 0 Å². The van der Waals surface area contributed by atoms with Gasteiger partial charge in [0.05, 0.1) is 18.2 Å². The van der Waals surface area contributed by atoms with E-state index < -0.39 is 5.60 Å². The summed E-state index contributed by atoms with van der Waals surface area (Å²) in [6, 6.07) is 0. The lowest BCUT2D eigenvalue weighted by Crippen LogP contribution is -2.41. The fourth-order valence-corrected chi connectivity index (χ4v) is 1.20. The van der Waals surface area contributed by atoms with E-state index in [0.717, 1.165) is 0 Å². The molecule has 0 aliphatic carbocycles. The van der Waals surface area contributed by atoms with Crippen molar-refractivity contribution in [2.24, 2.45) is 0 Å². The molecule has 0 unspecified atom stereocenters. The molecule has 0 saturated heterocycles. The molecule has 0 radical (unpaired) electrons. The minimum Gasteiger partial charge on any atom is -0.462 e. The average Bonchev–Trinajstić information content (AvgIpc) is 2.16. The molecule has 0 aliphatic heterocycles. The van der Waals surface area contributed by atoms with Crippen LogP contribution in [0.4, 0.5) is 0 Å². The van der Waals surface area contributed by atoms with Crippen molar-refractivity contribution in [3.63, 3.8) is 0 Å². The zero-order valence-electron chi connectivity index (χ0n) is 10.2. The summed E-state index contributed by atoms with van der Waals surface area (Å²) >= 11 is 0. The molecular formula is C11H23NO3. The van der Waals surface area contributed by atoms with Crippen molar-refractivity contribution in [2.45, 2.75) is 52.2 Å². The molecule has 0 saturated carbocycles. The molecule has 2 N–H and O–H groups in total. The second kappa shape index (κ2) is 6.80. The van der Waals surface area contributed by atoms with Gasteiger partial charge in [0.15, 0.2) is 0 Å². The molecule has 15 heavy (non-hydrogen) atoms. The number of hydrogen-bond acceptors (Lipinski definition) is 4. The van der Waals surface area contributed by atoms with Gasteiger partial charge in [-0.05, 0) is 26.7 Å². The first-order chi connectivity index (χ1) is 6.93. The fourth-order valence-electron chi connectivity index (χ4n) is 1.20. The van der Waals surface area contributed by atoms with Crippen LogP contribution in [-0.2, 0) is 9.53 Å². The number of nitrogens with one attached hydrogen (secondary N) is 1. The normalized spacial score (nSPS) is 11.9. The first kappa shape index (κ1) is 14.4. The quantitative estimate of drug-likeness (QED) is 0.626. The van der Waals surface area contributed by atoms with E-state index in [2.05, 4.69) is 5.32 Å². The summed E-state index contributed by atoms with van der Waals surface area (Å²) < 4.78 is 4.95. The highest BCUT2D eigenvalue weighted by Crippen LogP contribution is 2.12.